The summed E-state index contributed by atoms with van der Waals surface area (Å²) in [4.78, 5) is 0. The van der Waals surface area contributed by atoms with Crippen molar-refractivity contribution in [1.29, 1.82) is 0 Å². The van der Waals surface area contributed by atoms with Crippen molar-refractivity contribution in [3.05, 3.63) is 12.7 Å². The van der Waals surface area contributed by atoms with Crippen LogP contribution >= 0.6 is 0 Å². The van der Waals surface area contributed by atoms with Crippen LogP contribution in [-0.2, 0) is 9.47 Å². The lowest BCUT2D eigenvalue weighted by atomic mass is 10.1. The topological polar surface area (TPSA) is 38.7 Å². The van der Waals surface area contributed by atoms with E-state index in [4.69, 9.17) is 14.6 Å². The molecule has 0 saturated carbocycles. The summed E-state index contributed by atoms with van der Waals surface area (Å²) in [5.74, 6) is -0.581. The average Bonchev–Trinajstić information content (AvgIpc) is 1.87. The van der Waals surface area contributed by atoms with Gasteiger partial charge in [0.2, 0.25) is 0 Å². The lowest BCUT2D eigenvalue weighted by Gasteiger charge is -2.38. The number of hydrogen-bond acceptors (Lipinski definition) is 3. The number of hydrogen-bond donors (Lipinski definition) is 1. The summed E-state index contributed by atoms with van der Waals surface area (Å²) in [5, 5.41) is 8.43. The summed E-state index contributed by atoms with van der Waals surface area (Å²) in [5.41, 5.74) is 0. The van der Waals surface area contributed by atoms with Crippen LogP contribution in [0, 0.1) is 0 Å². The van der Waals surface area contributed by atoms with Crippen LogP contribution in [0.3, 0.4) is 0 Å². The second-order valence-corrected chi connectivity index (χ2v) is 2.19. The zero-order chi connectivity index (χ0) is 7.45. The quantitative estimate of drug-likeness (QED) is 0.577. The Kier molecular flexibility index (Phi) is 2.43. The molecule has 1 saturated heterocycles. The van der Waals surface area contributed by atoms with Crippen molar-refractivity contribution >= 4 is 0 Å². The molecule has 1 heterocycles. The van der Waals surface area contributed by atoms with E-state index in [2.05, 4.69) is 6.58 Å². The van der Waals surface area contributed by atoms with Gasteiger partial charge in [-0.05, 0) is 6.08 Å². The standard InChI is InChI=1S/C7H12O3/c1-2-7(3-5-9-7)10-6-4-8/h2,8H,1,3-6H2. The third-order valence-corrected chi connectivity index (χ3v) is 1.55. The molecular weight excluding hydrogens is 132 g/mol. The van der Waals surface area contributed by atoms with E-state index in [0.29, 0.717) is 6.61 Å². The molecule has 1 atom stereocenters. The predicted octanol–water partition coefficient (Wildman–Crippen LogP) is 0.298. The average molecular weight is 144 g/mol. The molecule has 1 aliphatic heterocycles. The summed E-state index contributed by atoms with van der Waals surface area (Å²) < 4.78 is 10.3. The fraction of sp³-hybridized carbons (Fsp3) is 0.714. The minimum absolute atomic E-state index is 0.0267. The molecule has 1 N–H and O–H groups in total. The van der Waals surface area contributed by atoms with Crippen LogP contribution < -0.4 is 0 Å². The van der Waals surface area contributed by atoms with Crippen molar-refractivity contribution in [2.45, 2.75) is 12.2 Å². The number of aliphatic hydroxyl groups is 1. The molecule has 0 bridgehead atoms. The first-order chi connectivity index (χ1) is 4.83. The monoisotopic (exact) mass is 144 g/mol. The van der Waals surface area contributed by atoms with Crippen molar-refractivity contribution in [3.63, 3.8) is 0 Å². The van der Waals surface area contributed by atoms with Gasteiger partial charge in [-0.25, -0.2) is 0 Å². The van der Waals surface area contributed by atoms with Gasteiger partial charge in [-0.2, -0.15) is 0 Å². The van der Waals surface area contributed by atoms with E-state index in [1.54, 1.807) is 6.08 Å². The molecule has 0 aromatic rings. The molecule has 0 amide bonds. The molecule has 10 heavy (non-hydrogen) atoms. The fourth-order valence-corrected chi connectivity index (χ4v) is 0.855. The second-order valence-electron chi connectivity index (χ2n) is 2.19. The van der Waals surface area contributed by atoms with Crippen molar-refractivity contribution < 1.29 is 14.6 Å². The van der Waals surface area contributed by atoms with Crippen molar-refractivity contribution in [2.24, 2.45) is 0 Å². The number of rotatable bonds is 4. The minimum Gasteiger partial charge on any atom is -0.394 e. The molecule has 1 rings (SSSR count). The van der Waals surface area contributed by atoms with Gasteiger partial charge in [-0.1, -0.05) is 6.58 Å². The van der Waals surface area contributed by atoms with Crippen molar-refractivity contribution in [3.8, 4) is 0 Å². The third-order valence-electron chi connectivity index (χ3n) is 1.55. The SMILES string of the molecule is C=CC1(OCCO)CCO1. The van der Waals surface area contributed by atoms with Gasteiger partial charge in [0.25, 0.3) is 0 Å². The Morgan fingerprint density at radius 2 is 2.50 bits per heavy atom. The van der Waals surface area contributed by atoms with Gasteiger partial charge in [0.05, 0.1) is 19.8 Å². The molecule has 1 unspecified atom stereocenters. The molecule has 3 nitrogen and oxygen atoms in total. The maximum absolute atomic E-state index is 8.43. The van der Waals surface area contributed by atoms with E-state index in [9.17, 15) is 0 Å². The van der Waals surface area contributed by atoms with Gasteiger partial charge in [0.1, 0.15) is 0 Å². The molecule has 0 aromatic carbocycles. The lowest BCUT2D eigenvalue weighted by Crippen LogP contribution is -2.44. The van der Waals surface area contributed by atoms with E-state index in [1.807, 2.05) is 0 Å². The van der Waals surface area contributed by atoms with Gasteiger partial charge in [0, 0.05) is 6.42 Å². The largest absolute Gasteiger partial charge is 0.394 e. The van der Waals surface area contributed by atoms with Crippen molar-refractivity contribution in [1.82, 2.24) is 0 Å². The molecule has 58 valence electrons. The van der Waals surface area contributed by atoms with Gasteiger partial charge >= 0.3 is 0 Å². The van der Waals surface area contributed by atoms with Crippen LogP contribution in [0.5, 0.6) is 0 Å². The first-order valence-electron chi connectivity index (χ1n) is 3.35. The normalized spacial score (nSPS) is 31.3. The van der Waals surface area contributed by atoms with E-state index >= 15 is 0 Å². The van der Waals surface area contributed by atoms with E-state index in [0.717, 1.165) is 13.0 Å². The zero-order valence-electron chi connectivity index (χ0n) is 5.88. The zero-order valence-corrected chi connectivity index (χ0v) is 5.88. The van der Waals surface area contributed by atoms with E-state index < -0.39 is 5.79 Å². The molecule has 0 aromatic heterocycles. The summed E-state index contributed by atoms with van der Waals surface area (Å²) in [6.45, 7) is 4.63. The molecular formula is C7H12O3. The summed E-state index contributed by atoms with van der Waals surface area (Å²) in [6, 6.07) is 0. The van der Waals surface area contributed by atoms with Gasteiger partial charge in [-0.3, -0.25) is 0 Å². The lowest BCUT2D eigenvalue weighted by molar-refractivity contribution is -0.277. The maximum atomic E-state index is 8.43. The van der Waals surface area contributed by atoms with Crippen LogP contribution in [0.1, 0.15) is 6.42 Å². The van der Waals surface area contributed by atoms with Crippen LogP contribution in [0.15, 0.2) is 12.7 Å². The maximum Gasteiger partial charge on any atom is 0.189 e. The van der Waals surface area contributed by atoms with Crippen LogP contribution in [0.4, 0.5) is 0 Å². The number of aliphatic hydroxyl groups excluding tert-OH is 1. The fourth-order valence-electron chi connectivity index (χ4n) is 0.855. The summed E-state index contributed by atoms with van der Waals surface area (Å²) >= 11 is 0. The highest BCUT2D eigenvalue weighted by molar-refractivity contribution is 4.94. The van der Waals surface area contributed by atoms with Crippen LogP contribution in [-0.4, -0.2) is 30.7 Å². The Morgan fingerprint density at radius 3 is 2.80 bits per heavy atom. The second kappa shape index (κ2) is 3.14. The number of ether oxygens (including phenoxy) is 2. The Bertz CT molecular complexity index is 118. The molecule has 3 heteroatoms. The predicted molar refractivity (Wildman–Crippen MR) is 36.5 cm³/mol. The highest BCUT2D eigenvalue weighted by atomic mass is 16.7. The molecule has 0 radical (unpaired) electrons. The van der Waals surface area contributed by atoms with Crippen LogP contribution in [0.25, 0.3) is 0 Å². The molecule has 0 aliphatic carbocycles. The summed E-state index contributed by atoms with van der Waals surface area (Å²) in [6.07, 6.45) is 2.47. The Labute approximate surface area is 60.3 Å². The first kappa shape index (κ1) is 7.72. The van der Waals surface area contributed by atoms with Gasteiger partial charge in [-0.15, -0.1) is 0 Å². The van der Waals surface area contributed by atoms with Crippen LogP contribution in [0.2, 0.25) is 0 Å². The van der Waals surface area contributed by atoms with E-state index in [-0.39, 0.29) is 6.61 Å². The molecule has 1 aliphatic rings. The van der Waals surface area contributed by atoms with Gasteiger partial charge < -0.3 is 14.6 Å². The molecule has 0 spiro atoms. The minimum atomic E-state index is -0.581. The first-order valence-corrected chi connectivity index (χ1v) is 3.35. The Balaban J connectivity index is 2.26. The highest BCUT2D eigenvalue weighted by Gasteiger charge is 2.35. The third kappa shape index (κ3) is 1.37. The summed E-state index contributed by atoms with van der Waals surface area (Å²) in [7, 11) is 0. The Morgan fingerprint density at radius 1 is 1.80 bits per heavy atom. The smallest absolute Gasteiger partial charge is 0.189 e. The van der Waals surface area contributed by atoms with Crippen molar-refractivity contribution in [2.75, 3.05) is 19.8 Å². The van der Waals surface area contributed by atoms with Gasteiger partial charge in [0.15, 0.2) is 5.79 Å². The van der Waals surface area contributed by atoms with E-state index in [1.165, 1.54) is 0 Å². The Hall–Kier alpha value is -0.380. The molecule has 1 fully saturated rings. The highest BCUT2D eigenvalue weighted by Crippen LogP contribution is 2.28.